The van der Waals surface area contributed by atoms with E-state index in [-0.39, 0.29) is 0 Å². The maximum Gasteiger partial charge on any atom is 0.164 e. The quantitative estimate of drug-likeness (QED) is 0.688. The van der Waals surface area contributed by atoms with Gasteiger partial charge in [-0.05, 0) is 29.7 Å². The Kier molecular flexibility index (Phi) is 2.73. The van der Waals surface area contributed by atoms with Crippen molar-refractivity contribution < 1.29 is 4.79 Å². The highest BCUT2D eigenvalue weighted by Gasteiger charge is 2.31. The maximum atomic E-state index is 11.9. The molecule has 0 spiro atoms. The molecule has 1 aliphatic rings. The van der Waals surface area contributed by atoms with Crippen LogP contribution in [0.4, 0.5) is 0 Å². The highest BCUT2D eigenvalue weighted by Crippen LogP contribution is 2.41. The normalized spacial score (nSPS) is 19.8. The molecule has 0 amide bonds. The van der Waals surface area contributed by atoms with E-state index < -0.39 is 0 Å². The van der Waals surface area contributed by atoms with Crippen LogP contribution in [0.25, 0.3) is 0 Å². The van der Waals surface area contributed by atoms with Crippen LogP contribution in [0.2, 0.25) is 0 Å². The van der Waals surface area contributed by atoms with E-state index in [1.165, 1.54) is 25.7 Å². The maximum absolute atomic E-state index is 11.9. The number of ketones is 1. The van der Waals surface area contributed by atoms with Gasteiger partial charge in [-0.1, -0.05) is 19.8 Å². The summed E-state index contributed by atoms with van der Waals surface area (Å²) in [6, 6.07) is 1.94. The zero-order valence-corrected chi connectivity index (χ0v) is 9.40. The monoisotopic (exact) mass is 208 g/mol. The van der Waals surface area contributed by atoms with Gasteiger partial charge in [0.2, 0.25) is 0 Å². The summed E-state index contributed by atoms with van der Waals surface area (Å²) in [7, 11) is 0. The first kappa shape index (κ1) is 9.91. The second-order valence-corrected chi connectivity index (χ2v) is 5.41. The predicted octanol–water partition coefficient (Wildman–Crippen LogP) is 3.90. The van der Waals surface area contributed by atoms with Gasteiger partial charge in [-0.2, -0.15) is 11.3 Å². The summed E-state index contributed by atoms with van der Waals surface area (Å²) in [6.07, 6.45) is 5.79. The van der Waals surface area contributed by atoms with Crippen molar-refractivity contribution in [2.75, 3.05) is 0 Å². The molecule has 0 unspecified atom stereocenters. The minimum Gasteiger partial charge on any atom is -0.294 e. The Hall–Kier alpha value is -0.630. The van der Waals surface area contributed by atoms with Gasteiger partial charge in [0.1, 0.15) is 0 Å². The minimum absolute atomic E-state index is 0.291. The Bertz CT molecular complexity index is 307. The zero-order chi connectivity index (χ0) is 10.0. The third kappa shape index (κ3) is 2.06. The molecule has 1 heterocycles. The molecule has 0 radical (unpaired) electrons. The van der Waals surface area contributed by atoms with Crippen molar-refractivity contribution in [2.45, 2.75) is 39.0 Å². The Morgan fingerprint density at radius 3 is 2.79 bits per heavy atom. The van der Waals surface area contributed by atoms with Crippen LogP contribution < -0.4 is 0 Å². The lowest BCUT2D eigenvalue weighted by Crippen LogP contribution is -2.16. The molecule has 0 N–H and O–H groups in total. The SMILES string of the molecule is CC1(CC(=O)c2ccsc2)CCCC1. The number of rotatable bonds is 3. The summed E-state index contributed by atoms with van der Waals surface area (Å²) in [5.41, 5.74) is 1.20. The van der Waals surface area contributed by atoms with Crippen LogP contribution in [0.3, 0.4) is 0 Å². The smallest absolute Gasteiger partial charge is 0.164 e. The Labute approximate surface area is 89.1 Å². The molecule has 1 aromatic heterocycles. The van der Waals surface area contributed by atoms with Crippen LogP contribution in [-0.4, -0.2) is 5.78 Å². The van der Waals surface area contributed by atoms with Crippen molar-refractivity contribution in [3.63, 3.8) is 0 Å². The molecule has 14 heavy (non-hydrogen) atoms. The third-order valence-corrected chi connectivity index (χ3v) is 3.92. The molecule has 1 aliphatic carbocycles. The van der Waals surface area contributed by atoms with Gasteiger partial charge in [0.05, 0.1) is 0 Å². The van der Waals surface area contributed by atoms with Crippen molar-refractivity contribution in [1.82, 2.24) is 0 Å². The van der Waals surface area contributed by atoms with Crippen molar-refractivity contribution in [2.24, 2.45) is 5.41 Å². The molecular formula is C12H16OS. The Morgan fingerprint density at radius 2 is 2.21 bits per heavy atom. The first-order valence-electron chi connectivity index (χ1n) is 5.25. The molecule has 2 rings (SSSR count). The predicted molar refractivity (Wildman–Crippen MR) is 59.8 cm³/mol. The molecule has 1 aromatic rings. The van der Waals surface area contributed by atoms with Crippen LogP contribution in [0.5, 0.6) is 0 Å². The first-order valence-corrected chi connectivity index (χ1v) is 6.19. The number of carbonyl (C=O) groups is 1. The summed E-state index contributed by atoms with van der Waals surface area (Å²) < 4.78 is 0. The summed E-state index contributed by atoms with van der Waals surface area (Å²) in [5, 5.41) is 3.94. The largest absolute Gasteiger partial charge is 0.294 e. The molecule has 0 aromatic carbocycles. The number of carbonyl (C=O) groups excluding carboxylic acids is 1. The van der Waals surface area contributed by atoms with Crippen molar-refractivity contribution in [3.05, 3.63) is 22.4 Å². The number of hydrogen-bond acceptors (Lipinski definition) is 2. The standard InChI is InChI=1S/C12H16OS/c1-12(5-2-3-6-12)8-11(13)10-4-7-14-9-10/h4,7,9H,2-3,5-6,8H2,1H3. The van der Waals surface area contributed by atoms with E-state index >= 15 is 0 Å². The first-order chi connectivity index (χ1) is 6.70. The van der Waals surface area contributed by atoms with Gasteiger partial charge in [-0.3, -0.25) is 4.79 Å². The van der Waals surface area contributed by atoms with Gasteiger partial charge in [0.25, 0.3) is 0 Å². The number of thiophene rings is 1. The van der Waals surface area contributed by atoms with Crippen LogP contribution in [0.1, 0.15) is 49.4 Å². The van der Waals surface area contributed by atoms with E-state index in [2.05, 4.69) is 6.92 Å². The number of Topliss-reactive ketones (excluding diaryl/α,β-unsaturated/α-hetero) is 1. The lowest BCUT2D eigenvalue weighted by Gasteiger charge is -2.21. The van der Waals surface area contributed by atoms with Crippen molar-refractivity contribution in [1.29, 1.82) is 0 Å². The molecule has 0 atom stereocenters. The summed E-state index contributed by atoms with van der Waals surface area (Å²) in [5.74, 6) is 0.329. The van der Waals surface area contributed by atoms with E-state index in [4.69, 9.17) is 0 Å². The molecule has 1 fully saturated rings. The average Bonchev–Trinajstić information content (AvgIpc) is 2.74. The lowest BCUT2D eigenvalue weighted by atomic mass is 9.82. The molecule has 0 aliphatic heterocycles. The fourth-order valence-electron chi connectivity index (χ4n) is 2.32. The second kappa shape index (κ2) is 3.85. The molecule has 1 saturated carbocycles. The highest BCUT2D eigenvalue weighted by atomic mass is 32.1. The fourth-order valence-corrected chi connectivity index (χ4v) is 2.98. The topological polar surface area (TPSA) is 17.1 Å². The molecule has 0 bridgehead atoms. The van der Waals surface area contributed by atoms with Crippen LogP contribution in [0.15, 0.2) is 16.8 Å². The zero-order valence-electron chi connectivity index (χ0n) is 8.58. The second-order valence-electron chi connectivity index (χ2n) is 4.63. The minimum atomic E-state index is 0.291. The highest BCUT2D eigenvalue weighted by molar-refractivity contribution is 7.08. The Morgan fingerprint density at radius 1 is 1.50 bits per heavy atom. The molecule has 76 valence electrons. The fraction of sp³-hybridized carbons (Fsp3) is 0.583. The summed E-state index contributed by atoms with van der Waals surface area (Å²) >= 11 is 1.60. The van der Waals surface area contributed by atoms with Crippen molar-refractivity contribution in [3.8, 4) is 0 Å². The van der Waals surface area contributed by atoms with Gasteiger partial charge in [0.15, 0.2) is 5.78 Å². The third-order valence-electron chi connectivity index (χ3n) is 3.24. The molecule has 2 heteroatoms. The molecule has 1 nitrogen and oxygen atoms in total. The van der Waals surface area contributed by atoms with E-state index in [1.54, 1.807) is 11.3 Å². The lowest BCUT2D eigenvalue weighted by molar-refractivity contribution is 0.0924. The van der Waals surface area contributed by atoms with Gasteiger partial charge in [-0.15, -0.1) is 0 Å². The van der Waals surface area contributed by atoms with Gasteiger partial charge in [0, 0.05) is 17.4 Å². The van der Waals surface area contributed by atoms with E-state index in [9.17, 15) is 4.79 Å². The average molecular weight is 208 g/mol. The van der Waals surface area contributed by atoms with E-state index in [0.717, 1.165) is 12.0 Å². The summed E-state index contributed by atoms with van der Waals surface area (Å²) in [6.45, 7) is 2.25. The summed E-state index contributed by atoms with van der Waals surface area (Å²) in [4.78, 5) is 11.9. The van der Waals surface area contributed by atoms with Crippen LogP contribution in [0, 0.1) is 5.41 Å². The molecular weight excluding hydrogens is 192 g/mol. The Balaban J connectivity index is 2.01. The van der Waals surface area contributed by atoms with Crippen LogP contribution in [-0.2, 0) is 0 Å². The molecule has 0 saturated heterocycles. The number of hydrogen-bond donors (Lipinski definition) is 0. The van der Waals surface area contributed by atoms with Crippen molar-refractivity contribution >= 4 is 17.1 Å². The van der Waals surface area contributed by atoms with E-state index in [1.807, 2.05) is 16.8 Å². The van der Waals surface area contributed by atoms with Gasteiger partial charge in [-0.25, -0.2) is 0 Å². The van der Waals surface area contributed by atoms with E-state index in [0.29, 0.717) is 11.2 Å². The van der Waals surface area contributed by atoms with Gasteiger partial charge >= 0.3 is 0 Å². The van der Waals surface area contributed by atoms with Gasteiger partial charge < -0.3 is 0 Å². The van der Waals surface area contributed by atoms with Crippen LogP contribution >= 0.6 is 11.3 Å².